The number of aromatic nitrogens is 2. The summed E-state index contributed by atoms with van der Waals surface area (Å²) in [5, 5.41) is 7.94. The maximum Gasteiger partial charge on any atom is 0.309 e. The number of benzene rings is 4. The molecular weight excluding hydrogens is 486 g/mol. The Morgan fingerprint density at radius 2 is 1.51 bits per heavy atom. The number of carbonyl (C=O) groups excluding carboxylic acids is 2. The molecule has 1 aromatic heterocycles. The molecule has 0 spiro atoms. The van der Waals surface area contributed by atoms with Gasteiger partial charge in [-0.3, -0.25) is 9.59 Å². The fourth-order valence-corrected chi connectivity index (χ4v) is 4.53. The molecule has 5 rings (SSSR count). The van der Waals surface area contributed by atoms with Crippen molar-refractivity contribution in [2.24, 2.45) is 0 Å². The molecule has 0 fully saturated rings. The van der Waals surface area contributed by atoms with Crippen molar-refractivity contribution in [2.75, 3.05) is 5.32 Å². The highest BCUT2D eigenvalue weighted by atomic mass is 16.5. The van der Waals surface area contributed by atoms with Crippen molar-refractivity contribution >= 4 is 17.6 Å². The topological polar surface area (TPSA) is 73.2 Å². The van der Waals surface area contributed by atoms with Crippen molar-refractivity contribution < 1.29 is 14.3 Å². The largest absolute Gasteiger partial charge is 0.407 e. The average molecular weight is 516 g/mol. The highest BCUT2D eigenvalue weighted by molar-refractivity contribution is 6.04. The lowest BCUT2D eigenvalue weighted by atomic mass is 9.99. The van der Waals surface area contributed by atoms with Gasteiger partial charge in [-0.15, -0.1) is 0 Å². The average Bonchev–Trinajstić information content (AvgIpc) is 3.29. The number of anilines is 1. The number of hydrogen-bond acceptors (Lipinski definition) is 4. The Morgan fingerprint density at radius 1 is 0.795 bits per heavy atom. The van der Waals surface area contributed by atoms with Crippen LogP contribution in [0.1, 0.15) is 34.0 Å². The van der Waals surface area contributed by atoms with E-state index in [-0.39, 0.29) is 5.91 Å². The second-order valence-corrected chi connectivity index (χ2v) is 9.52. The summed E-state index contributed by atoms with van der Waals surface area (Å²) < 4.78 is 7.57. The molecule has 0 aliphatic heterocycles. The second-order valence-electron chi connectivity index (χ2n) is 9.52. The van der Waals surface area contributed by atoms with Gasteiger partial charge in [0.2, 0.25) is 5.88 Å². The van der Waals surface area contributed by atoms with E-state index in [2.05, 4.69) is 11.4 Å². The van der Waals surface area contributed by atoms with Gasteiger partial charge in [0, 0.05) is 23.7 Å². The van der Waals surface area contributed by atoms with E-state index in [9.17, 15) is 9.59 Å². The summed E-state index contributed by atoms with van der Waals surface area (Å²) in [6.07, 6.45) is 0. The first-order chi connectivity index (χ1) is 18.8. The molecular formula is C33H29N3O3. The van der Waals surface area contributed by atoms with Crippen molar-refractivity contribution in [3.63, 3.8) is 0 Å². The minimum atomic E-state index is -0.440. The minimum absolute atomic E-state index is 0.188. The Kier molecular flexibility index (Phi) is 7.10. The number of rotatable bonds is 6. The third kappa shape index (κ3) is 5.36. The molecule has 1 amide bonds. The molecule has 6 heteroatoms. The zero-order valence-electron chi connectivity index (χ0n) is 22.4. The van der Waals surface area contributed by atoms with Crippen LogP contribution in [0.25, 0.3) is 28.1 Å². The van der Waals surface area contributed by atoms with Crippen LogP contribution in [0.15, 0.2) is 97.1 Å². The summed E-state index contributed by atoms with van der Waals surface area (Å²) in [6, 6.07) is 30.6. The zero-order valence-corrected chi connectivity index (χ0v) is 22.4. The standard InChI is InChI=1S/C33H29N3O3/c1-21-10-8-14-27(20-21)31-30(25-16-18-28(19-17-25)34-32(38)26-12-6-5-7-13-26)33(39-24(4)37)36(35-31)29-15-9-11-22(2)23(29)3/h5-20H,1-4H3,(H,34,38). The van der Waals surface area contributed by atoms with Gasteiger partial charge in [-0.25, -0.2) is 0 Å². The lowest BCUT2D eigenvalue weighted by molar-refractivity contribution is -0.132. The molecule has 0 saturated heterocycles. The first-order valence-corrected chi connectivity index (χ1v) is 12.7. The van der Waals surface area contributed by atoms with Gasteiger partial charge in [0.05, 0.1) is 11.3 Å². The Balaban J connectivity index is 1.66. The van der Waals surface area contributed by atoms with Gasteiger partial charge < -0.3 is 10.1 Å². The number of carbonyl (C=O) groups is 2. The van der Waals surface area contributed by atoms with E-state index in [0.29, 0.717) is 28.4 Å². The van der Waals surface area contributed by atoms with Gasteiger partial charge in [0.25, 0.3) is 5.91 Å². The molecule has 5 aromatic rings. The van der Waals surface area contributed by atoms with Gasteiger partial charge in [0.1, 0.15) is 5.69 Å². The highest BCUT2D eigenvalue weighted by Gasteiger charge is 2.25. The molecule has 1 N–H and O–H groups in total. The molecule has 0 bridgehead atoms. The molecule has 0 aliphatic rings. The number of ether oxygens (including phenoxy) is 1. The number of amides is 1. The van der Waals surface area contributed by atoms with E-state index in [1.165, 1.54) is 6.92 Å². The molecule has 6 nitrogen and oxygen atoms in total. The molecule has 0 radical (unpaired) electrons. The maximum atomic E-state index is 12.7. The van der Waals surface area contributed by atoms with Crippen molar-refractivity contribution in [1.82, 2.24) is 9.78 Å². The lowest BCUT2D eigenvalue weighted by Gasteiger charge is -2.13. The summed E-state index contributed by atoms with van der Waals surface area (Å²) in [5.41, 5.74) is 8.39. The monoisotopic (exact) mass is 515 g/mol. The van der Waals surface area contributed by atoms with Gasteiger partial charge in [-0.05, 0) is 73.9 Å². The second kappa shape index (κ2) is 10.8. The Labute approximate surface area is 227 Å². The van der Waals surface area contributed by atoms with Gasteiger partial charge in [-0.2, -0.15) is 9.78 Å². The first-order valence-electron chi connectivity index (χ1n) is 12.7. The third-order valence-corrected chi connectivity index (χ3v) is 6.65. The van der Waals surface area contributed by atoms with Crippen molar-refractivity contribution in [2.45, 2.75) is 27.7 Å². The molecule has 1 heterocycles. The van der Waals surface area contributed by atoms with Crippen molar-refractivity contribution in [3.8, 4) is 34.0 Å². The summed E-state index contributed by atoms with van der Waals surface area (Å²) in [7, 11) is 0. The number of nitrogens with one attached hydrogen (secondary N) is 1. The quantitative estimate of drug-likeness (QED) is 0.241. The van der Waals surface area contributed by atoms with E-state index in [1.54, 1.807) is 16.8 Å². The molecule has 0 unspecified atom stereocenters. The predicted molar refractivity (Wildman–Crippen MR) is 154 cm³/mol. The molecule has 4 aromatic carbocycles. The van der Waals surface area contributed by atoms with E-state index in [0.717, 1.165) is 33.5 Å². The van der Waals surface area contributed by atoms with Crippen LogP contribution in [0.2, 0.25) is 0 Å². The van der Waals surface area contributed by atoms with Gasteiger partial charge in [0.15, 0.2) is 0 Å². The van der Waals surface area contributed by atoms with Crippen LogP contribution in [0.5, 0.6) is 5.88 Å². The number of hydrogen-bond donors (Lipinski definition) is 1. The summed E-state index contributed by atoms with van der Waals surface area (Å²) in [5.74, 6) is -0.286. The smallest absolute Gasteiger partial charge is 0.309 e. The third-order valence-electron chi connectivity index (χ3n) is 6.65. The fourth-order valence-electron chi connectivity index (χ4n) is 4.53. The lowest BCUT2D eigenvalue weighted by Crippen LogP contribution is -2.11. The van der Waals surface area contributed by atoms with Crippen LogP contribution in [-0.4, -0.2) is 21.7 Å². The van der Waals surface area contributed by atoms with E-state index in [1.807, 2.05) is 99.6 Å². The summed E-state index contributed by atoms with van der Waals surface area (Å²) >= 11 is 0. The molecule has 0 aliphatic carbocycles. The molecule has 0 atom stereocenters. The number of aryl methyl sites for hydroxylation is 2. The normalized spacial score (nSPS) is 10.8. The predicted octanol–water partition coefficient (Wildman–Crippen LogP) is 7.31. The molecule has 39 heavy (non-hydrogen) atoms. The van der Waals surface area contributed by atoms with Crippen LogP contribution in [0.3, 0.4) is 0 Å². The van der Waals surface area contributed by atoms with E-state index in [4.69, 9.17) is 9.84 Å². The van der Waals surface area contributed by atoms with Crippen LogP contribution in [0, 0.1) is 20.8 Å². The number of esters is 1. The Morgan fingerprint density at radius 3 is 2.21 bits per heavy atom. The fraction of sp³-hybridized carbons (Fsp3) is 0.121. The van der Waals surface area contributed by atoms with Crippen molar-refractivity contribution in [1.29, 1.82) is 0 Å². The van der Waals surface area contributed by atoms with E-state index < -0.39 is 5.97 Å². The first kappa shape index (κ1) is 25.7. The van der Waals surface area contributed by atoms with Crippen LogP contribution in [0.4, 0.5) is 5.69 Å². The summed E-state index contributed by atoms with van der Waals surface area (Å²) in [4.78, 5) is 25.0. The number of nitrogens with zero attached hydrogens (tertiary/aromatic N) is 2. The maximum absolute atomic E-state index is 12.7. The Bertz CT molecular complexity index is 1670. The zero-order chi connectivity index (χ0) is 27.5. The minimum Gasteiger partial charge on any atom is -0.407 e. The van der Waals surface area contributed by atoms with Crippen LogP contribution < -0.4 is 10.1 Å². The molecule has 194 valence electrons. The SMILES string of the molecule is CC(=O)Oc1c(-c2ccc(NC(=O)c3ccccc3)cc2)c(-c2cccc(C)c2)nn1-c1cccc(C)c1C. The summed E-state index contributed by atoms with van der Waals surface area (Å²) in [6.45, 7) is 7.49. The Hall–Kier alpha value is -4.97. The van der Waals surface area contributed by atoms with Crippen LogP contribution >= 0.6 is 0 Å². The van der Waals surface area contributed by atoms with Gasteiger partial charge >= 0.3 is 5.97 Å². The molecule has 0 saturated carbocycles. The van der Waals surface area contributed by atoms with Crippen molar-refractivity contribution in [3.05, 3.63) is 119 Å². The van der Waals surface area contributed by atoms with Gasteiger partial charge in [-0.1, -0.05) is 66.2 Å². The van der Waals surface area contributed by atoms with Crippen LogP contribution in [-0.2, 0) is 4.79 Å². The van der Waals surface area contributed by atoms with E-state index >= 15 is 0 Å². The highest BCUT2D eigenvalue weighted by Crippen LogP contribution is 2.42.